The lowest BCUT2D eigenvalue weighted by Crippen LogP contribution is -2.43. The molecular formula is C14H20FN3O. The number of nitrogens with zero attached hydrogens (tertiary/aromatic N) is 1. The lowest BCUT2D eigenvalue weighted by Gasteiger charge is -2.29. The standard InChI is InChI=1S/C14H20FN3O/c1-18-8-6-12(7-9-18)16-10-14(19)17-13-4-2-11(15)3-5-13/h2-5,12,16H,6-10H2,1H3,(H,17,19). The van der Waals surface area contributed by atoms with Crippen molar-refractivity contribution in [1.82, 2.24) is 10.2 Å². The lowest BCUT2D eigenvalue weighted by atomic mass is 10.1. The Hall–Kier alpha value is -1.46. The number of carbonyl (C=O) groups is 1. The van der Waals surface area contributed by atoms with Crippen molar-refractivity contribution in [3.8, 4) is 0 Å². The number of likely N-dealkylation sites (tertiary alicyclic amines) is 1. The summed E-state index contributed by atoms with van der Waals surface area (Å²) in [6.07, 6.45) is 2.14. The third kappa shape index (κ3) is 4.61. The number of anilines is 1. The smallest absolute Gasteiger partial charge is 0.238 e. The molecule has 0 aromatic heterocycles. The molecule has 1 heterocycles. The van der Waals surface area contributed by atoms with Gasteiger partial charge in [-0.15, -0.1) is 0 Å². The Bertz CT molecular complexity index is 413. The van der Waals surface area contributed by atoms with Gasteiger partial charge in [0.05, 0.1) is 6.54 Å². The molecule has 0 spiro atoms. The largest absolute Gasteiger partial charge is 0.325 e. The van der Waals surface area contributed by atoms with Crippen LogP contribution in [0.4, 0.5) is 10.1 Å². The van der Waals surface area contributed by atoms with E-state index in [1.54, 1.807) is 12.1 Å². The Kier molecular flexibility index (Phi) is 4.87. The van der Waals surface area contributed by atoms with E-state index in [4.69, 9.17) is 0 Å². The van der Waals surface area contributed by atoms with Crippen LogP contribution < -0.4 is 10.6 Å². The zero-order chi connectivity index (χ0) is 13.7. The van der Waals surface area contributed by atoms with Crippen molar-refractivity contribution in [1.29, 1.82) is 0 Å². The predicted molar refractivity (Wildman–Crippen MR) is 73.6 cm³/mol. The summed E-state index contributed by atoms with van der Waals surface area (Å²) in [5.74, 6) is -0.395. The number of halogens is 1. The van der Waals surface area contributed by atoms with Crippen molar-refractivity contribution in [3.63, 3.8) is 0 Å². The van der Waals surface area contributed by atoms with Crippen molar-refractivity contribution >= 4 is 11.6 Å². The molecule has 4 nitrogen and oxygen atoms in total. The number of hydrogen-bond donors (Lipinski definition) is 2. The maximum absolute atomic E-state index is 12.7. The van der Waals surface area contributed by atoms with Crippen LogP contribution in [0.1, 0.15) is 12.8 Å². The highest BCUT2D eigenvalue weighted by Gasteiger charge is 2.16. The van der Waals surface area contributed by atoms with Crippen molar-refractivity contribution in [2.45, 2.75) is 18.9 Å². The number of piperidine rings is 1. The summed E-state index contributed by atoms with van der Waals surface area (Å²) in [7, 11) is 2.11. The Morgan fingerprint density at radius 3 is 2.58 bits per heavy atom. The quantitative estimate of drug-likeness (QED) is 0.866. The van der Waals surface area contributed by atoms with Gasteiger partial charge in [0.15, 0.2) is 0 Å². The predicted octanol–water partition coefficient (Wildman–Crippen LogP) is 1.45. The first-order chi connectivity index (χ1) is 9.13. The molecule has 0 aliphatic carbocycles. The second-order valence-corrected chi connectivity index (χ2v) is 5.01. The molecule has 0 bridgehead atoms. The van der Waals surface area contributed by atoms with Crippen LogP contribution >= 0.6 is 0 Å². The second-order valence-electron chi connectivity index (χ2n) is 5.01. The maximum Gasteiger partial charge on any atom is 0.238 e. The molecule has 0 saturated carbocycles. The fourth-order valence-electron chi connectivity index (χ4n) is 2.19. The van der Waals surface area contributed by atoms with Crippen LogP contribution in [-0.2, 0) is 4.79 Å². The molecule has 19 heavy (non-hydrogen) atoms. The molecule has 1 amide bonds. The maximum atomic E-state index is 12.7. The first kappa shape index (κ1) is 14.0. The SMILES string of the molecule is CN1CCC(NCC(=O)Nc2ccc(F)cc2)CC1. The van der Waals surface area contributed by atoms with Crippen LogP contribution in [0.15, 0.2) is 24.3 Å². The van der Waals surface area contributed by atoms with Gasteiger partial charge in [-0.3, -0.25) is 4.79 Å². The van der Waals surface area contributed by atoms with E-state index in [-0.39, 0.29) is 11.7 Å². The van der Waals surface area contributed by atoms with E-state index in [9.17, 15) is 9.18 Å². The Balaban J connectivity index is 1.71. The van der Waals surface area contributed by atoms with Gasteiger partial charge in [0, 0.05) is 11.7 Å². The van der Waals surface area contributed by atoms with Gasteiger partial charge in [0.2, 0.25) is 5.91 Å². The van der Waals surface area contributed by atoms with E-state index in [1.165, 1.54) is 12.1 Å². The van der Waals surface area contributed by atoms with Gasteiger partial charge >= 0.3 is 0 Å². The molecular weight excluding hydrogens is 245 g/mol. The van der Waals surface area contributed by atoms with E-state index < -0.39 is 0 Å². The molecule has 1 aromatic rings. The minimum atomic E-state index is -0.303. The van der Waals surface area contributed by atoms with Crippen LogP contribution in [0.2, 0.25) is 0 Å². The van der Waals surface area contributed by atoms with Crippen molar-refractivity contribution in [2.75, 3.05) is 32.0 Å². The van der Waals surface area contributed by atoms with Crippen LogP contribution in [0.5, 0.6) is 0 Å². The summed E-state index contributed by atoms with van der Waals surface area (Å²) in [5, 5.41) is 6.00. The average molecular weight is 265 g/mol. The van der Waals surface area contributed by atoms with Gasteiger partial charge in [0.25, 0.3) is 0 Å². The number of benzene rings is 1. The summed E-state index contributed by atoms with van der Waals surface area (Å²) in [5.41, 5.74) is 0.622. The lowest BCUT2D eigenvalue weighted by molar-refractivity contribution is -0.115. The van der Waals surface area contributed by atoms with Gasteiger partial charge in [-0.1, -0.05) is 0 Å². The summed E-state index contributed by atoms with van der Waals surface area (Å²) >= 11 is 0. The van der Waals surface area contributed by atoms with Gasteiger partial charge in [-0.05, 0) is 57.2 Å². The van der Waals surface area contributed by atoms with E-state index >= 15 is 0 Å². The first-order valence-electron chi connectivity index (χ1n) is 6.61. The Morgan fingerprint density at radius 2 is 1.95 bits per heavy atom. The number of hydrogen-bond acceptors (Lipinski definition) is 3. The Morgan fingerprint density at radius 1 is 1.32 bits per heavy atom. The van der Waals surface area contributed by atoms with Crippen molar-refractivity contribution < 1.29 is 9.18 Å². The fraction of sp³-hybridized carbons (Fsp3) is 0.500. The normalized spacial score (nSPS) is 17.4. The molecule has 0 radical (unpaired) electrons. The summed E-state index contributed by atoms with van der Waals surface area (Å²) in [6, 6.07) is 6.20. The van der Waals surface area contributed by atoms with E-state index in [1.807, 2.05) is 0 Å². The molecule has 1 aliphatic heterocycles. The van der Waals surface area contributed by atoms with Gasteiger partial charge < -0.3 is 15.5 Å². The average Bonchev–Trinajstić information content (AvgIpc) is 2.41. The molecule has 5 heteroatoms. The highest BCUT2D eigenvalue weighted by molar-refractivity contribution is 5.92. The molecule has 1 fully saturated rings. The highest BCUT2D eigenvalue weighted by Crippen LogP contribution is 2.09. The van der Waals surface area contributed by atoms with Gasteiger partial charge in [-0.25, -0.2) is 4.39 Å². The number of amides is 1. The molecule has 0 unspecified atom stereocenters. The van der Waals surface area contributed by atoms with E-state index in [0.717, 1.165) is 25.9 Å². The van der Waals surface area contributed by atoms with Gasteiger partial charge in [-0.2, -0.15) is 0 Å². The zero-order valence-electron chi connectivity index (χ0n) is 11.2. The Labute approximate surface area is 113 Å². The van der Waals surface area contributed by atoms with Crippen molar-refractivity contribution in [2.24, 2.45) is 0 Å². The van der Waals surface area contributed by atoms with Crippen LogP contribution in [0.3, 0.4) is 0 Å². The molecule has 2 rings (SSSR count). The molecule has 104 valence electrons. The zero-order valence-corrected chi connectivity index (χ0v) is 11.2. The third-order valence-corrected chi connectivity index (χ3v) is 3.40. The minimum absolute atomic E-state index is 0.0921. The summed E-state index contributed by atoms with van der Waals surface area (Å²) < 4.78 is 12.7. The number of rotatable bonds is 4. The second kappa shape index (κ2) is 6.63. The van der Waals surface area contributed by atoms with Gasteiger partial charge in [0.1, 0.15) is 5.82 Å². The molecule has 1 aromatic carbocycles. The molecule has 1 saturated heterocycles. The number of nitrogens with one attached hydrogen (secondary N) is 2. The minimum Gasteiger partial charge on any atom is -0.325 e. The van der Waals surface area contributed by atoms with E-state index in [0.29, 0.717) is 18.3 Å². The topological polar surface area (TPSA) is 44.4 Å². The van der Waals surface area contributed by atoms with Crippen LogP contribution in [-0.4, -0.2) is 43.5 Å². The molecule has 1 aliphatic rings. The van der Waals surface area contributed by atoms with E-state index in [2.05, 4.69) is 22.6 Å². The van der Waals surface area contributed by atoms with Crippen LogP contribution in [0, 0.1) is 5.82 Å². The number of carbonyl (C=O) groups excluding carboxylic acids is 1. The fourth-order valence-corrected chi connectivity index (χ4v) is 2.19. The summed E-state index contributed by atoms with van der Waals surface area (Å²) in [4.78, 5) is 14.0. The third-order valence-electron chi connectivity index (χ3n) is 3.40. The van der Waals surface area contributed by atoms with Crippen molar-refractivity contribution in [3.05, 3.63) is 30.1 Å². The monoisotopic (exact) mass is 265 g/mol. The van der Waals surface area contributed by atoms with Crippen LogP contribution in [0.25, 0.3) is 0 Å². The highest BCUT2D eigenvalue weighted by atomic mass is 19.1. The first-order valence-corrected chi connectivity index (χ1v) is 6.61. The molecule has 2 N–H and O–H groups in total. The molecule has 0 atom stereocenters. The summed E-state index contributed by atoms with van der Waals surface area (Å²) in [6.45, 7) is 2.43.